The zero-order valence-corrected chi connectivity index (χ0v) is 6.71. The zero-order valence-electron chi connectivity index (χ0n) is 5.95. The van der Waals surface area contributed by atoms with Crippen LogP contribution in [0.5, 0.6) is 0 Å². The minimum absolute atomic E-state index is 0.0764. The van der Waals surface area contributed by atoms with Crippen LogP contribution in [0.2, 0.25) is 0 Å². The predicted molar refractivity (Wildman–Crippen MR) is 45.3 cm³/mol. The molecule has 0 fully saturated rings. The van der Waals surface area contributed by atoms with E-state index in [1.54, 1.807) is 6.21 Å². The summed E-state index contributed by atoms with van der Waals surface area (Å²) in [5.41, 5.74) is 2.50. The lowest BCUT2D eigenvalue weighted by molar-refractivity contribution is 0.461. The van der Waals surface area contributed by atoms with Gasteiger partial charge in [-0.25, -0.2) is 9.98 Å². The van der Waals surface area contributed by atoms with Crippen molar-refractivity contribution in [3.63, 3.8) is 0 Å². The Morgan fingerprint density at radius 2 is 2.55 bits per heavy atom. The number of hydrogen-bond acceptors (Lipinski definition) is 4. The maximum Gasteiger partial charge on any atom is 0.152 e. The lowest BCUT2D eigenvalue weighted by atomic mass is 9.90. The van der Waals surface area contributed by atoms with E-state index in [0.717, 1.165) is 0 Å². The summed E-state index contributed by atoms with van der Waals surface area (Å²) in [5, 5.41) is 4.43. The quantitative estimate of drug-likeness (QED) is 0.568. The number of hydrazone groups is 1. The van der Waals surface area contributed by atoms with E-state index in [9.17, 15) is 0 Å². The van der Waals surface area contributed by atoms with Crippen LogP contribution in [-0.4, -0.2) is 23.9 Å². The van der Waals surface area contributed by atoms with Crippen molar-refractivity contribution < 1.29 is 0 Å². The molecule has 0 radical (unpaired) electrons. The van der Waals surface area contributed by atoms with Gasteiger partial charge in [-0.15, -0.1) is 0 Å². The Hall–Kier alpha value is -0.900. The van der Waals surface area contributed by atoms with E-state index in [4.69, 9.17) is 11.6 Å². The topological polar surface area (TPSA) is 49.1 Å². The summed E-state index contributed by atoms with van der Waals surface area (Å²) in [6.45, 7) is 1.95. The SMILES string of the molecule is CC12C=NNC1N=CN=C2Cl. The Morgan fingerprint density at radius 3 is 3.27 bits per heavy atom. The molecule has 0 aliphatic carbocycles. The van der Waals surface area contributed by atoms with E-state index in [1.807, 2.05) is 6.92 Å². The zero-order chi connectivity index (χ0) is 7.90. The molecule has 2 unspecified atom stereocenters. The molecule has 0 aromatic rings. The Labute approximate surface area is 69.1 Å². The first-order valence-electron chi connectivity index (χ1n) is 3.29. The second-order valence-corrected chi connectivity index (χ2v) is 3.11. The van der Waals surface area contributed by atoms with E-state index in [1.165, 1.54) is 6.34 Å². The molecule has 0 saturated carbocycles. The molecule has 4 nitrogen and oxygen atoms in total. The van der Waals surface area contributed by atoms with E-state index in [0.29, 0.717) is 5.17 Å². The first-order valence-corrected chi connectivity index (χ1v) is 3.66. The Kier molecular flexibility index (Phi) is 1.26. The summed E-state index contributed by atoms with van der Waals surface area (Å²) in [7, 11) is 0. The summed E-state index contributed by atoms with van der Waals surface area (Å²) in [6.07, 6.45) is 3.11. The van der Waals surface area contributed by atoms with Gasteiger partial charge in [-0.1, -0.05) is 11.6 Å². The van der Waals surface area contributed by atoms with Gasteiger partial charge < -0.3 is 0 Å². The number of nitrogens with zero attached hydrogens (tertiary/aromatic N) is 3. The number of halogens is 1. The second-order valence-electron chi connectivity index (χ2n) is 2.76. The van der Waals surface area contributed by atoms with Crippen molar-refractivity contribution in [1.29, 1.82) is 0 Å². The van der Waals surface area contributed by atoms with E-state index in [2.05, 4.69) is 20.5 Å². The van der Waals surface area contributed by atoms with Crippen LogP contribution < -0.4 is 5.43 Å². The van der Waals surface area contributed by atoms with Crippen molar-refractivity contribution in [2.45, 2.75) is 13.1 Å². The van der Waals surface area contributed by atoms with Crippen LogP contribution in [0.3, 0.4) is 0 Å². The fourth-order valence-corrected chi connectivity index (χ4v) is 1.29. The summed E-state index contributed by atoms with van der Waals surface area (Å²) in [6, 6.07) is 0. The molecule has 58 valence electrons. The molecule has 0 amide bonds. The van der Waals surface area contributed by atoms with Gasteiger partial charge in [-0.2, -0.15) is 5.10 Å². The standard InChI is InChI=1S/C6H7ClN4/c1-6-2-10-11-5(6)9-3-8-4(6)7/h2-3,5,11H,1H3. The van der Waals surface area contributed by atoms with Crippen LogP contribution in [0.25, 0.3) is 0 Å². The van der Waals surface area contributed by atoms with Crippen molar-refractivity contribution in [1.82, 2.24) is 5.43 Å². The van der Waals surface area contributed by atoms with E-state index < -0.39 is 0 Å². The van der Waals surface area contributed by atoms with Crippen LogP contribution in [0.4, 0.5) is 0 Å². The van der Waals surface area contributed by atoms with Gasteiger partial charge in [0, 0.05) is 6.21 Å². The smallest absolute Gasteiger partial charge is 0.152 e. The normalized spacial score (nSPS) is 39.8. The van der Waals surface area contributed by atoms with Gasteiger partial charge >= 0.3 is 0 Å². The monoisotopic (exact) mass is 170 g/mol. The van der Waals surface area contributed by atoms with Crippen LogP contribution in [0.1, 0.15) is 6.92 Å². The van der Waals surface area contributed by atoms with Gasteiger partial charge in [0.05, 0.1) is 5.41 Å². The Balaban J connectivity index is 2.44. The molecule has 0 aromatic heterocycles. The highest BCUT2D eigenvalue weighted by molar-refractivity contribution is 6.68. The maximum absolute atomic E-state index is 5.89. The van der Waals surface area contributed by atoms with Gasteiger partial charge in [-0.05, 0) is 6.92 Å². The third-order valence-electron chi connectivity index (χ3n) is 1.93. The average Bonchev–Trinajstić information content (AvgIpc) is 2.34. The molecule has 2 aliphatic heterocycles. The molecule has 11 heavy (non-hydrogen) atoms. The van der Waals surface area contributed by atoms with Gasteiger partial charge in [0.1, 0.15) is 11.5 Å². The minimum Gasteiger partial charge on any atom is -0.285 e. The molecule has 0 saturated heterocycles. The number of fused-ring (bicyclic) bond motifs is 1. The summed E-state index contributed by atoms with van der Waals surface area (Å²) >= 11 is 5.89. The Bertz CT molecular complexity index is 270. The first kappa shape index (κ1) is 6.79. The molecule has 5 heteroatoms. The lowest BCUT2D eigenvalue weighted by Gasteiger charge is -2.25. The van der Waals surface area contributed by atoms with E-state index >= 15 is 0 Å². The van der Waals surface area contributed by atoms with Crippen molar-refractivity contribution in [3.8, 4) is 0 Å². The minimum atomic E-state index is -0.337. The third kappa shape index (κ3) is 0.790. The second kappa shape index (κ2) is 2.04. The van der Waals surface area contributed by atoms with Crippen LogP contribution in [-0.2, 0) is 0 Å². The molecule has 1 N–H and O–H groups in total. The first-order chi connectivity index (χ1) is 5.23. The van der Waals surface area contributed by atoms with Crippen molar-refractivity contribution in [2.24, 2.45) is 20.5 Å². The molecule has 0 bridgehead atoms. The van der Waals surface area contributed by atoms with E-state index in [-0.39, 0.29) is 11.6 Å². The molecule has 0 aromatic carbocycles. The number of nitrogens with one attached hydrogen (secondary N) is 1. The van der Waals surface area contributed by atoms with Gasteiger partial charge in [0.15, 0.2) is 6.17 Å². The highest BCUT2D eigenvalue weighted by Gasteiger charge is 2.42. The van der Waals surface area contributed by atoms with Gasteiger partial charge in [0.2, 0.25) is 0 Å². The lowest BCUT2D eigenvalue weighted by Crippen LogP contribution is -2.41. The van der Waals surface area contributed by atoms with Gasteiger partial charge in [0.25, 0.3) is 0 Å². The molecular weight excluding hydrogens is 164 g/mol. The van der Waals surface area contributed by atoms with Crippen LogP contribution in [0, 0.1) is 5.41 Å². The van der Waals surface area contributed by atoms with Crippen molar-refractivity contribution >= 4 is 29.3 Å². The molecule has 2 aliphatic rings. The highest BCUT2D eigenvalue weighted by Crippen LogP contribution is 2.29. The number of aliphatic imine (C=N–C) groups is 2. The Morgan fingerprint density at radius 1 is 1.73 bits per heavy atom. The highest BCUT2D eigenvalue weighted by atomic mass is 35.5. The predicted octanol–water partition coefficient (Wildman–Crippen LogP) is 0.587. The summed E-state index contributed by atoms with van der Waals surface area (Å²) < 4.78 is 0. The van der Waals surface area contributed by atoms with Crippen molar-refractivity contribution in [3.05, 3.63) is 0 Å². The van der Waals surface area contributed by atoms with Gasteiger partial charge in [-0.3, -0.25) is 5.43 Å². The summed E-state index contributed by atoms with van der Waals surface area (Å²) in [5.74, 6) is 0. The number of rotatable bonds is 0. The summed E-state index contributed by atoms with van der Waals surface area (Å²) in [4.78, 5) is 7.98. The third-order valence-corrected chi connectivity index (χ3v) is 2.43. The molecule has 0 spiro atoms. The maximum atomic E-state index is 5.89. The van der Waals surface area contributed by atoms with Crippen LogP contribution in [0.15, 0.2) is 15.1 Å². The largest absolute Gasteiger partial charge is 0.285 e. The fraction of sp³-hybridized carbons (Fsp3) is 0.500. The number of hydrogen-bond donors (Lipinski definition) is 1. The molecule has 2 rings (SSSR count). The van der Waals surface area contributed by atoms with Crippen LogP contribution >= 0.6 is 11.6 Å². The molecule has 2 heterocycles. The fourth-order valence-electron chi connectivity index (χ4n) is 1.09. The molecular formula is C6H7ClN4. The molecule has 2 atom stereocenters. The average molecular weight is 171 g/mol. The van der Waals surface area contributed by atoms with Crippen molar-refractivity contribution in [2.75, 3.05) is 0 Å².